The van der Waals surface area contributed by atoms with Crippen molar-refractivity contribution in [1.82, 2.24) is 19.8 Å². The Balaban J connectivity index is 1.64. The van der Waals surface area contributed by atoms with Gasteiger partial charge in [-0.2, -0.15) is 9.61 Å². The zero-order chi connectivity index (χ0) is 19.7. The first kappa shape index (κ1) is 18.4. The molecule has 9 heteroatoms. The molecule has 0 bridgehead atoms. The predicted octanol–water partition coefficient (Wildman–Crippen LogP) is 3.41. The van der Waals surface area contributed by atoms with E-state index >= 15 is 0 Å². The van der Waals surface area contributed by atoms with Crippen LogP contribution in [0.1, 0.15) is 11.4 Å². The van der Waals surface area contributed by atoms with Gasteiger partial charge in [-0.1, -0.05) is 35.9 Å². The first-order valence-corrected chi connectivity index (χ1v) is 10.7. The fourth-order valence-corrected chi connectivity index (χ4v) is 3.50. The molecule has 0 radical (unpaired) electrons. The van der Waals surface area contributed by atoms with E-state index in [0.717, 1.165) is 28.9 Å². The van der Waals surface area contributed by atoms with Crippen molar-refractivity contribution in [1.29, 1.82) is 0 Å². The summed E-state index contributed by atoms with van der Waals surface area (Å²) in [5.41, 5.74) is 3.80. The normalized spacial score (nSPS) is 11.6. The lowest BCUT2D eigenvalue weighted by Crippen LogP contribution is -2.09. The highest BCUT2D eigenvalue weighted by Crippen LogP contribution is 2.21. The van der Waals surface area contributed by atoms with Crippen LogP contribution < -0.4 is 4.72 Å². The molecule has 2 aromatic heterocycles. The van der Waals surface area contributed by atoms with Crippen molar-refractivity contribution < 1.29 is 8.42 Å². The number of benzene rings is 2. The Bertz CT molecular complexity index is 1240. The summed E-state index contributed by atoms with van der Waals surface area (Å²) in [6, 6.07) is 18.3. The summed E-state index contributed by atoms with van der Waals surface area (Å²) in [4.78, 5) is 0. The van der Waals surface area contributed by atoms with Gasteiger partial charge < -0.3 is 0 Å². The van der Waals surface area contributed by atoms with E-state index in [-0.39, 0.29) is 0 Å². The Labute approximate surface area is 167 Å². The molecule has 142 valence electrons. The summed E-state index contributed by atoms with van der Waals surface area (Å²) < 4.78 is 26.8. The second-order valence-electron chi connectivity index (χ2n) is 6.36. The summed E-state index contributed by atoms with van der Waals surface area (Å²) in [5.74, 6) is 0.717. The third-order valence-electron chi connectivity index (χ3n) is 4.09. The fraction of sp³-hybridized carbons (Fsp3) is 0.105. The van der Waals surface area contributed by atoms with E-state index in [0.29, 0.717) is 22.8 Å². The molecular weight excluding hydrogens is 398 g/mol. The van der Waals surface area contributed by atoms with Crippen LogP contribution in [0.15, 0.2) is 60.7 Å². The van der Waals surface area contributed by atoms with Crippen molar-refractivity contribution in [3.63, 3.8) is 0 Å². The van der Waals surface area contributed by atoms with Crippen molar-refractivity contribution in [2.45, 2.75) is 6.42 Å². The maximum Gasteiger partial charge on any atom is 0.229 e. The van der Waals surface area contributed by atoms with Crippen LogP contribution >= 0.6 is 11.6 Å². The van der Waals surface area contributed by atoms with Crippen LogP contribution in [0.25, 0.3) is 16.9 Å². The van der Waals surface area contributed by atoms with E-state index in [1.54, 1.807) is 16.6 Å². The quantitative estimate of drug-likeness (QED) is 0.541. The Morgan fingerprint density at radius 1 is 0.964 bits per heavy atom. The molecule has 0 spiro atoms. The van der Waals surface area contributed by atoms with Crippen LogP contribution in [0.2, 0.25) is 5.02 Å². The topological polar surface area (TPSA) is 89.2 Å². The van der Waals surface area contributed by atoms with E-state index in [4.69, 9.17) is 11.6 Å². The standard InChI is InChI=1S/C19H16ClN5O2S/c1-28(26,27)24-16-8-4-14(5-9-16)17-10-11-18-21-22-19(25(18)23-17)12-13-2-6-15(20)7-3-13/h2-11,24H,12H2,1H3. The Morgan fingerprint density at radius 2 is 1.68 bits per heavy atom. The van der Waals surface area contributed by atoms with Crippen molar-refractivity contribution >= 4 is 33.0 Å². The van der Waals surface area contributed by atoms with Crippen LogP contribution in [0.4, 0.5) is 5.69 Å². The molecule has 0 fully saturated rings. The lowest BCUT2D eigenvalue weighted by atomic mass is 10.1. The molecule has 0 saturated carbocycles. The highest BCUT2D eigenvalue weighted by atomic mass is 35.5. The lowest BCUT2D eigenvalue weighted by molar-refractivity contribution is 0.607. The van der Waals surface area contributed by atoms with E-state index in [1.807, 2.05) is 48.5 Å². The summed E-state index contributed by atoms with van der Waals surface area (Å²) >= 11 is 5.94. The maximum atomic E-state index is 11.3. The second kappa shape index (κ2) is 7.21. The van der Waals surface area contributed by atoms with Gasteiger partial charge >= 0.3 is 0 Å². The van der Waals surface area contributed by atoms with E-state index in [9.17, 15) is 8.42 Å². The number of nitrogens with one attached hydrogen (secondary N) is 1. The van der Waals surface area contributed by atoms with Gasteiger partial charge in [-0.25, -0.2) is 8.42 Å². The van der Waals surface area contributed by atoms with Crippen molar-refractivity contribution in [3.8, 4) is 11.3 Å². The molecule has 1 N–H and O–H groups in total. The molecule has 0 aliphatic rings. The monoisotopic (exact) mass is 413 g/mol. The molecule has 2 heterocycles. The van der Waals surface area contributed by atoms with Crippen molar-refractivity contribution in [2.24, 2.45) is 0 Å². The number of fused-ring (bicyclic) bond motifs is 1. The van der Waals surface area contributed by atoms with Gasteiger partial charge in [0.1, 0.15) is 0 Å². The van der Waals surface area contributed by atoms with Crippen LogP contribution in [0, 0.1) is 0 Å². The number of rotatable bonds is 5. The predicted molar refractivity (Wildman–Crippen MR) is 109 cm³/mol. The van der Waals surface area contributed by atoms with Crippen LogP contribution in [-0.4, -0.2) is 34.5 Å². The van der Waals surface area contributed by atoms with Gasteiger partial charge in [0.2, 0.25) is 10.0 Å². The summed E-state index contributed by atoms with van der Waals surface area (Å²) in [5, 5.41) is 13.7. The van der Waals surface area contributed by atoms with Crippen molar-refractivity contribution in [3.05, 3.63) is 77.1 Å². The molecule has 7 nitrogen and oxygen atoms in total. The van der Waals surface area contributed by atoms with Gasteiger partial charge in [-0.15, -0.1) is 10.2 Å². The van der Waals surface area contributed by atoms with E-state index < -0.39 is 10.0 Å². The molecule has 0 unspecified atom stereocenters. The minimum atomic E-state index is -3.31. The third-order valence-corrected chi connectivity index (χ3v) is 4.95. The smallest absolute Gasteiger partial charge is 0.229 e. The highest BCUT2D eigenvalue weighted by Gasteiger charge is 2.10. The number of anilines is 1. The fourth-order valence-electron chi connectivity index (χ4n) is 2.81. The second-order valence-corrected chi connectivity index (χ2v) is 8.54. The molecule has 0 saturated heterocycles. The molecule has 0 amide bonds. The molecule has 4 rings (SSSR count). The highest BCUT2D eigenvalue weighted by molar-refractivity contribution is 7.92. The van der Waals surface area contributed by atoms with E-state index in [2.05, 4.69) is 20.0 Å². The number of sulfonamides is 1. The molecule has 28 heavy (non-hydrogen) atoms. The minimum Gasteiger partial charge on any atom is -0.284 e. The zero-order valence-electron chi connectivity index (χ0n) is 14.9. The molecule has 0 aliphatic heterocycles. The summed E-state index contributed by atoms with van der Waals surface area (Å²) in [7, 11) is -3.31. The maximum absolute atomic E-state index is 11.3. The largest absolute Gasteiger partial charge is 0.284 e. The van der Waals surface area contributed by atoms with Gasteiger partial charge in [0.05, 0.1) is 11.9 Å². The number of hydrogen-bond donors (Lipinski definition) is 1. The first-order chi connectivity index (χ1) is 13.4. The van der Waals surface area contributed by atoms with Gasteiger partial charge in [0.15, 0.2) is 11.5 Å². The van der Waals surface area contributed by atoms with Crippen LogP contribution in [0.3, 0.4) is 0 Å². The third kappa shape index (κ3) is 4.13. The van der Waals surface area contributed by atoms with Crippen LogP contribution in [0.5, 0.6) is 0 Å². The van der Waals surface area contributed by atoms with Gasteiger partial charge in [-0.05, 0) is 42.0 Å². The Kier molecular flexibility index (Phi) is 4.74. The van der Waals surface area contributed by atoms with Gasteiger partial charge in [0.25, 0.3) is 0 Å². The molecule has 0 atom stereocenters. The lowest BCUT2D eigenvalue weighted by Gasteiger charge is -2.06. The van der Waals surface area contributed by atoms with Gasteiger partial charge in [0, 0.05) is 22.7 Å². The Morgan fingerprint density at radius 3 is 2.36 bits per heavy atom. The SMILES string of the molecule is CS(=O)(=O)Nc1ccc(-c2ccc3nnc(Cc4ccc(Cl)cc4)n3n2)cc1. The Hall–Kier alpha value is -2.97. The van der Waals surface area contributed by atoms with E-state index in [1.165, 1.54) is 0 Å². The number of halogens is 1. The molecule has 2 aromatic carbocycles. The zero-order valence-corrected chi connectivity index (χ0v) is 16.4. The molecule has 4 aromatic rings. The summed E-state index contributed by atoms with van der Waals surface area (Å²) in [6.45, 7) is 0. The van der Waals surface area contributed by atoms with Crippen molar-refractivity contribution in [2.75, 3.05) is 11.0 Å². The summed E-state index contributed by atoms with van der Waals surface area (Å²) in [6.07, 6.45) is 1.69. The average molecular weight is 414 g/mol. The van der Waals surface area contributed by atoms with Crippen LogP contribution in [-0.2, 0) is 16.4 Å². The van der Waals surface area contributed by atoms with Gasteiger partial charge in [-0.3, -0.25) is 4.72 Å². The minimum absolute atomic E-state index is 0.500. The molecule has 0 aliphatic carbocycles. The number of aromatic nitrogens is 4. The first-order valence-electron chi connectivity index (χ1n) is 8.41. The number of nitrogens with zero attached hydrogens (tertiary/aromatic N) is 4. The average Bonchev–Trinajstić information content (AvgIpc) is 3.05. The number of hydrogen-bond acceptors (Lipinski definition) is 5. The molecular formula is C19H16ClN5O2S.